The van der Waals surface area contributed by atoms with E-state index in [0.29, 0.717) is 46.8 Å². The zero-order valence-corrected chi connectivity index (χ0v) is 49.8. The van der Waals surface area contributed by atoms with Crippen LogP contribution in [0.3, 0.4) is 0 Å². The molecule has 2 aliphatic carbocycles. The van der Waals surface area contributed by atoms with Gasteiger partial charge in [0, 0.05) is 0 Å². The first-order chi connectivity index (χ1) is 34.0. The Bertz CT molecular complexity index is 2760. The fourth-order valence-electron chi connectivity index (χ4n) is 11.9. The molecular weight excluding hydrogens is 1010 g/mol. The first-order valence-corrected chi connectivity index (χ1v) is 37.9. The molecule has 0 aliphatic heterocycles. The molecule has 6 aromatic rings. The molecule has 0 aromatic heterocycles. The standard InChI is InChI=1S/2C27H39P.C12H10N.ClH.Pd/c2*1-18(2)21-16-24(19(3)4)27(25(17-21)20(5)6)23-14-10-11-15-26(23)28-22-12-8-7-9-13-22;13-12-9-5-4-8-11(12)10-6-2-1-3-7-10;;/h2*10-11,14-20,22,28H,7-9,12-13H2,1-6H3;1-6,8-9H,13H2;1H;/q;;;;+1/p-1. The molecule has 2 fully saturated rings. The van der Waals surface area contributed by atoms with Gasteiger partial charge in [0.1, 0.15) is 0 Å². The van der Waals surface area contributed by atoms with Crippen LogP contribution >= 0.6 is 20.8 Å². The van der Waals surface area contributed by atoms with Crippen molar-refractivity contribution < 1.29 is 12.5 Å². The number of rotatable bonds is 14. The van der Waals surface area contributed by atoms with Crippen molar-refractivity contribution in [3.05, 3.63) is 155 Å². The molecule has 0 radical (unpaired) electrons. The third-order valence-corrected chi connectivity index (χ3v) is 49.5. The number of para-hydroxylation sites is 1. The molecule has 0 heterocycles. The van der Waals surface area contributed by atoms with Crippen molar-refractivity contribution in [1.82, 2.24) is 0 Å². The molecule has 0 amide bonds. The molecule has 2 unspecified atom stereocenters. The van der Waals surface area contributed by atoms with E-state index in [1.807, 2.05) is 0 Å². The Morgan fingerprint density at radius 2 is 0.732 bits per heavy atom. The molecule has 2 saturated carbocycles. The molecule has 2 atom stereocenters. The van der Waals surface area contributed by atoms with Gasteiger partial charge in [-0.3, -0.25) is 0 Å². The van der Waals surface area contributed by atoms with E-state index >= 15 is 0 Å². The second-order valence-corrected chi connectivity index (χ2v) is 46.8. The summed E-state index contributed by atoms with van der Waals surface area (Å²) in [5, 5.41) is 3.22. The molecule has 0 spiro atoms. The van der Waals surface area contributed by atoms with E-state index in [2.05, 4.69) is 204 Å². The Hall–Kier alpha value is -3.07. The summed E-state index contributed by atoms with van der Waals surface area (Å²) in [7, 11) is 10.0. The van der Waals surface area contributed by atoms with Crippen LogP contribution in [0.2, 0.25) is 0 Å². The number of anilines is 1. The van der Waals surface area contributed by atoms with Gasteiger partial charge >= 0.3 is 442 Å². The van der Waals surface area contributed by atoms with Gasteiger partial charge in [-0.05, 0) is 0 Å². The van der Waals surface area contributed by atoms with Crippen LogP contribution in [0, 0.1) is 0 Å². The Kier molecular flexibility index (Phi) is 18.0. The van der Waals surface area contributed by atoms with E-state index < -0.39 is 23.8 Å². The number of hydrogen-bond acceptors (Lipinski definition) is 1. The summed E-state index contributed by atoms with van der Waals surface area (Å²) in [5.74, 6) is 2.42. The zero-order valence-electron chi connectivity index (χ0n) is 45.5. The van der Waals surface area contributed by atoms with Gasteiger partial charge in [0.05, 0.1) is 0 Å². The topological polar surface area (TPSA) is 26.0 Å². The van der Waals surface area contributed by atoms with Crippen molar-refractivity contribution in [3.63, 3.8) is 0 Å². The molecule has 5 heteroatoms. The predicted molar refractivity (Wildman–Crippen MR) is 320 cm³/mol. The van der Waals surface area contributed by atoms with E-state index in [4.69, 9.17) is 5.73 Å². The summed E-state index contributed by atoms with van der Waals surface area (Å²) in [6, 6.07) is 48.4. The fraction of sp³-hybridized carbons (Fsp3) is 0.455. The van der Waals surface area contributed by atoms with Crippen molar-refractivity contribution in [2.45, 2.75) is 194 Å². The molecule has 8 rings (SSSR count). The fourth-order valence-corrected chi connectivity index (χ4v) is 55.4. The predicted octanol–water partition coefficient (Wildman–Crippen LogP) is 19.5. The van der Waals surface area contributed by atoms with Gasteiger partial charge in [0.25, 0.3) is 0 Å². The quantitative estimate of drug-likeness (QED) is 0.0657. The van der Waals surface area contributed by atoms with Gasteiger partial charge in [0.2, 0.25) is 0 Å². The number of halogens is 1. The Morgan fingerprint density at radius 3 is 1.08 bits per heavy atom. The number of benzene rings is 6. The Balaban J connectivity index is 1.70. The third kappa shape index (κ3) is 11.2. The van der Waals surface area contributed by atoms with Crippen molar-refractivity contribution in [2.24, 2.45) is 0 Å². The Labute approximate surface area is 438 Å². The van der Waals surface area contributed by atoms with Crippen molar-refractivity contribution in [3.8, 4) is 33.4 Å². The van der Waals surface area contributed by atoms with Crippen molar-refractivity contribution in [2.75, 3.05) is 5.73 Å². The summed E-state index contributed by atoms with van der Waals surface area (Å²) in [4.78, 5) is 0. The van der Waals surface area contributed by atoms with Crippen LogP contribution in [0.4, 0.5) is 5.69 Å². The summed E-state index contributed by atoms with van der Waals surface area (Å²) in [6.45, 7) is 28.9. The van der Waals surface area contributed by atoms with Gasteiger partial charge in [-0.25, -0.2) is 0 Å². The zero-order chi connectivity index (χ0) is 50.7. The molecule has 0 saturated heterocycles. The maximum atomic E-state index is 10.0. The molecule has 1 nitrogen and oxygen atoms in total. The first-order valence-electron chi connectivity index (χ1n) is 27.6. The maximum absolute atomic E-state index is 10.0. The number of nitrogens with two attached hydrogens (primary N) is 1. The molecule has 6 aromatic carbocycles. The minimum absolute atomic E-state index is 0.376. The SMILES string of the molecule is CC(C)c1cc(C(C)C)c(-c2ccccc2[PH](C2CCCCC2)=[Pd]([Cl])([c]2ccccc2-c2ccccc2N)=[PH](c2ccccc2-c2c(C(C)C)cc(C(C)C)cc2C(C)C)C2CCCCC2)c(C(C)C)c1. The van der Waals surface area contributed by atoms with Gasteiger partial charge in [-0.15, -0.1) is 0 Å². The van der Waals surface area contributed by atoms with Gasteiger partial charge in [0.15, 0.2) is 0 Å². The van der Waals surface area contributed by atoms with Gasteiger partial charge in [-0.1, -0.05) is 0 Å². The van der Waals surface area contributed by atoms with E-state index in [1.165, 1.54) is 129 Å². The second kappa shape index (κ2) is 23.6. The van der Waals surface area contributed by atoms with Gasteiger partial charge < -0.3 is 0 Å². The number of hydrogen-bond donors (Lipinski definition) is 1. The summed E-state index contributed by atoms with van der Waals surface area (Å²) in [5.41, 5.74) is 23.2. The molecule has 2 aliphatic rings. The van der Waals surface area contributed by atoms with E-state index in [-0.39, 0.29) is 0 Å². The van der Waals surface area contributed by atoms with Crippen LogP contribution in [0.1, 0.15) is 216 Å². The monoisotopic (exact) mass is 1100 g/mol. The Morgan fingerprint density at radius 1 is 0.408 bits per heavy atom. The summed E-state index contributed by atoms with van der Waals surface area (Å²) >= 11 is -3.44. The second-order valence-electron chi connectivity index (χ2n) is 22.9. The van der Waals surface area contributed by atoms with Crippen LogP contribution in [0.25, 0.3) is 33.4 Å². The van der Waals surface area contributed by atoms with Gasteiger partial charge in [-0.2, -0.15) is 0 Å². The summed E-state index contributed by atoms with van der Waals surface area (Å²) in [6.07, 6.45) is 12.8. The van der Waals surface area contributed by atoms with E-state index in [1.54, 1.807) is 10.6 Å². The third-order valence-electron chi connectivity index (χ3n) is 15.8. The van der Waals surface area contributed by atoms with Crippen LogP contribution in [0.15, 0.2) is 121 Å². The van der Waals surface area contributed by atoms with Crippen molar-refractivity contribution in [1.29, 1.82) is 0 Å². The van der Waals surface area contributed by atoms with E-state index in [9.17, 15) is 9.53 Å². The molecule has 2 N–H and O–H groups in total. The van der Waals surface area contributed by atoms with E-state index in [0.717, 1.165) is 11.3 Å². The van der Waals surface area contributed by atoms with Crippen LogP contribution in [-0.4, -0.2) is 11.3 Å². The molecule has 384 valence electrons. The first kappa shape index (κ1) is 54.2. The summed E-state index contributed by atoms with van der Waals surface area (Å²) < 4.78 is 1.46. The molecular formula is C66H88ClNP2Pd. The average molecular weight is 1100 g/mol. The normalized spacial score (nSPS) is 17.4. The van der Waals surface area contributed by atoms with Crippen LogP contribution in [-0.2, 0) is 12.5 Å². The van der Waals surface area contributed by atoms with Crippen LogP contribution < -0.4 is 20.4 Å². The number of nitrogen functional groups attached to an aromatic ring is 1. The van der Waals surface area contributed by atoms with Crippen LogP contribution in [0.5, 0.6) is 0 Å². The average Bonchev–Trinajstić information content (AvgIpc) is 3.36. The van der Waals surface area contributed by atoms with Crippen molar-refractivity contribution >= 4 is 41.2 Å². The minimum atomic E-state index is -3.44. The molecule has 71 heavy (non-hydrogen) atoms. The molecule has 0 bridgehead atoms.